The van der Waals surface area contributed by atoms with E-state index in [4.69, 9.17) is 14.5 Å². The molecule has 7 nitrogen and oxygen atoms in total. The summed E-state index contributed by atoms with van der Waals surface area (Å²) >= 11 is 0. The van der Waals surface area contributed by atoms with Crippen molar-refractivity contribution in [3.63, 3.8) is 0 Å². The van der Waals surface area contributed by atoms with Gasteiger partial charge in [-0.3, -0.25) is 0 Å². The number of methoxy groups -OCH3 is 1. The van der Waals surface area contributed by atoms with Gasteiger partial charge >= 0.3 is 0 Å². The number of hydrogen-bond acceptors (Lipinski definition) is 7. The second-order valence-corrected chi connectivity index (χ2v) is 9.08. The van der Waals surface area contributed by atoms with Crippen molar-refractivity contribution in [3.8, 4) is 22.6 Å². The van der Waals surface area contributed by atoms with Crippen molar-refractivity contribution in [1.29, 1.82) is 0 Å². The van der Waals surface area contributed by atoms with Crippen LogP contribution in [0.4, 0.5) is 21.7 Å². The summed E-state index contributed by atoms with van der Waals surface area (Å²) < 4.78 is 26.0. The van der Waals surface area contributed by atoms with Crippen LogP contribution in [0, 0.1) is 5.82 Å². The fraction of sp³-hybridized carbons (Fsp3) is 0.241. The van der Waals surface area contributed by atoms with Crippen LogP contribution in [0.25, 0.3) is 22.0 Å². The molecule has 3 aromatic carbocycles. The molecule has 1 fully saturated rings. The molecule has 0 bridgehead atoms. The summed E-state index contributed by atoms with van der Waals surface area (Å²) in [6.45, 7) is 6.28. The number of likely N-dealkylation sites (tertiary alicyclic amines) is 1. The van der Waals surface area contributed by atoms with Crippen LogP contribution in [-0.4, -0.2) is 54.8 Å². The van der Waals surface area contributed by atoms with Crippen LogP contribution < -0.4 is 20.1 Å². The Labute approximate surface area is 216 Å². The first kappa shape index (κ1) is 24.5. The van der Waals surface area contributed by atoms with Crippen molar-refractivity contribution >= 4 is 28.2 Å². The number of halogens is 1. The van der Waals surface area contributed by atoms with Crippen molar-refractivity contribution in [3.05, 3.63) is 79.3 Å². The molecular weight excluding hydrogens is 469 g/mol. The van der Waals surface area contributed by atoms with E-state index in [1.807, 2.05) is 36.4 Å². The molecule has 0 amide bonds. The molecule has 190 valence electrons. The highest BCUT2D eigenvalue weighted by Crippen LogP contribution is 2.39. The molecule has 0 aliphatic carbocycles. The van der Waals surface area contributed by atoms with Gasteiger partial charge in [-0.15, -0.1) is 6.58 Å². The molecule has 0 spiro atoms. The number of nitrogens with one attached hydrogen (secondary N) is 2. The topological polar surface area (TPSA) is 71.5 Å². The number of para-hydroxylation sites is 1. The molecular formula is C29H30FN5O2. The minimum absolute atomic E-state index is 0.114. The van der Waals surface area contributed by atoms with Crippen molar-refractivity contribution in [2.45, 2.75) is 12.5 Å². The van der Waals surface area contributed by atoms with E-state index in [0.29, 0.717) is 23.9 Å². The predicted molar refractivity (Wildman–Crippen MR) is 146 cm³/mol. The zero-order valence-electron chi connectivity index (χ0n) is 21.0. The van der Waals surface area contributed by atoms with E-state index in [1.54, 1.807) is 25.4 Å². The van der Waals surface area contributed by atoms with Crippen LogP contribution >= 0.6 is 0 Å². The normalized spacial score (nSPS) is 15.5. The van der Waals surface area contributed by atoms with E-state index in [0.717, 1.165) is 53.0 Å². The monoisotopic (exact) mass is 499 g/mol. The summed E-state index contributed by atoms with van der Waals surface area (Å²) in [5.74, 6) is 1.43. The van der Waals surface area contributed by atoms with Crippen LogP contribution in [0.5, 0.6) is 11.5 Å². The lowest BCUT2D eigenvalue weighted by atomic mass is 10.0. The number of benzene rings is 3. The Balaban J connectivity index is 1.50. The Morgan fingerprint density at radius 3 is 2.76 bits per heavy atom. The third kappa shape index (κ3) is 5.49. The molecule has 1 unspecified atom stereocenters. The molecule has 1 aliphatic rings. The highest BCUT2D eigenvalue weighted by molar-refractivity contribution is 5.94. The Bertz CT molecular complexity index is 1430. The molecule has 5 rings (SSSR count). The minimum Gasteiger partial charge on any atom is -0.494 e. The van der Waals surface area contributed by atoms with Gasteiger partial charge in [0.05, 0.1) is 24.0 Å². The van der Waals surface area contributed by atoms with Gasteiger partial charge in [0.15, 0.2) is 0 Å². The average Bonchev–Trinajstić information content (AvgIpc) is 3.32. The van der Waals surface area contributed by atoms with Crippen molar-refractivity contribution in [2.24, 2.45) is 0 Å². The van der Waals surface area contributed by atoms with Crippen LogP contribution in [0.2, 0.25) is 0 Å². The van der Waals surface area contributed by atoms with Gasteiger partial charge in [0.25, 0.3) is 0 Å². The first-order chi connectivity index (χ1) is 18.0. The fourth-order valence-electron chi connectivity index (χ4n) is 4.54. The van der Waals surface area contributed by atoms with E-state index in [1.165, 1.54) is 12.1 Å². The van der Waals surface area contributed by atoms with Gasteiger partial charge in [-0.05, 0) is 37.2 Å². The molecule has 0 saturated carbocycles. The predicted octanol–water partition coefficient (Wildman–Crippen LogP) is 5.87. The van der Waals surface area contributed by atoms with Crippen LogP contribution in [0.1, 0.15) is 6.42 Å². The summed E-state index contributed by atoms with van der Waals surface area (Å²) in [5, 5.41) is 7.52. The highest BCUT2D eigenvalue weighted by Gasteiger charge is 2.23. The third-order valence-electron chi connectivity index (χ3n) is 6.37. The first-order valence-electron chi connectivity index (χ1n) is 12.2. The Hall–Kier alpha value is -4.17. The summed E-state index contributed by atoms with van der Waals surface area (Å²) in [5.41, 5.74) is 3.81. The fourth-order valence-corrected chi connectivity index (χ4v) is 4.54. The largest absolute Gasteiger partial charge is 0.494 e. The Morgan fingerprint density at radius 1 is 1.14 bits per heavy atom. The maximum atomic E-state index is 13.9. The molecule has 1 aliphatic heterocycles. The summed E-state index contributed by atoms with van der Waals surface area (Å²) in [7, 11) is 3.71. The second-order valence-electron chi connectivity index (χ2n) is 9.08. The number of likely N-dealkylation sites (N-methyl/N-ethyl adjacent to an activating group) is 1. The number of anilines is 3. The SMILES string of the molecule is C=CCNc1cc(Nc2ncc3cccc(-c4cccc(F)c4)c3n2)c(OC)cc1OC1CCN(C)C1. The van der Waals surface area contributed by atoms with Crippen molar-refractivity contribution in [1.82, 2.24) is 14.9 Å². The first-order valence-corrected chi connectivity index (χ1v) is 12.2. The summed E-state index contributed by atoms with van der Waals surface area (Å²) in [6, 6.07) is 16.1. The number of nitrogens with zero attached hydrogens (tertiary/aromatic N) is 3. The quantitative estimate of drug-likeness (QED) is 0.279. The van der Waals surface area contributed by atoms with E-state index in [9.17, 15) is 4.39 Å². The summed E-state index contributed by atoms with van der Waals surface area (Å²) in [4.78, 5) is 11.5. The summed E-state index contributed by atoms with van der Waals surface area (Å²) in [6.07, 6.45) is 4.64. The molecule has 2 N–H and O–H groups in total. The third-order valence-corrected chi connectivity index (χ3v) is 6.37. The van der Waals surface area contributed by atoms with Crippen LogP contribution in [0.3, 0.4) is 0 Å². The Kier molecular flexibility index (Phi) is 7.18. The number of rotatable bonds is 9. The van der Waals surface area contributed by atoms with Crippen molar-refractivity contribution in [2.75, 3.05) is 44.4 Å². The highest BCUT2D eigenvalue weighted by atomic mass is 19.1. The standard InChI is InChI=1S/C29H30FN5O2/c1-4-12-31-24-15-25(26(36-3)16-27(24)37-22-11-13-35(2)18-22)33-29-32-17-20-8-6-10-23(28(20)34-29)19-7-5-9-21(30)14-19/h4-10,14-17,22,31H,1,11-13,18H2,2-3H3,(H,32,33,34). The van der Waals surface area contributed by atoms with Gasteiger partial charge in [0.2, 0.25) is 5.95 Å². The lowest BCUT2D eigenvalue weighted by molar-refractivity contribution is 0.208. The van der Waals surface area contributed by atoms with E-state index >= 15 is 0 Å². The molecule has 4 aromatic rings. The zero-order chi connectivity index (χ0) is 25.8. The zero-order valence-corrected chi connectivity index (χ0v) is 21.0. The van der Waals surface area contributed by atoms with Gasteiger partial charge in [-0.2, -0.15) is 0 Å². The van der Waals surface area contributed by atoms with E-state index in [2.05, 4.69) is 34.1 Å². The van der Waals surface area contributed by atoms with Gasteiger partial charge in [-0.1, -0.05) is 36.4 Å². The number of fused-ring (bicyclic) bond motifs is 1. The van der Waals surface area contributed by atoms with E-state index in [-0.39, 0.29) is 11.9 Å². The number of ether oxygens (including phenoxy) is 2. The second kappa shape index (κ2) is 10.8. The molecule has 1 atom stereocenters. The molecule has 37 heavy (non-hydrogen) atoms. The molecule has 1 saturated heterocycles. The van der Waals surface area contributed by atoms with Crippen molar-refractivity contribution < 1.29 is 13.9 Å². The van der Waals surface area contributed by atoms with Gasteiger partial charge in [0, 0.05) is 42.8 Å². The lowest BCUT2D eigenvalue weighted by Gasteiger charge is -2.20. The van der Waals surface area contributed by atoms with Gasteiger partial charge < -0.3 is 25.0 Å². The molecule has 2 heterocycles. The molecule has 8 heteroatoms. The maximum absolute atomic E-state index is 13.9. The molecule has 1 aromatic heterocycles. The van der Waals surface area contributed by atoms with E-state index < -0.39 is 0 Å². The number of aromatic nitrogens is 2. The smallest absolute Gasteiger partial charge is 0.227 e. The lowest BCUT2D eigenvalue weighted by Crippen LogP contribution is -2.22. The van der Waals surface area contributed by atoms with Crippen LogP contribution in [0.15, 0.2) is 73.4 Å². The Morgan fingerprint density at radius 2 is 2.00 bits per heavy atom. The molecule has 0 radical (unpaired) electrons. The average molecular weight is 500 g/mol. The maximum Gasteiger partial charge on any atom is 0.227 e. The van der Waals surface area contributed by atoms with Crippen LogP contribution in [-0.2, 0) is 0 Å². The van der Waals surface area contributed by atoms with Gasteiger partial charge in [-0.25, -0.2) is 14.4 Å². The van der Waals surface area contributed by atoms with Gasteiger partial charge in [0.1, 0.15) is 23.4 Å². The number of hydrogen-bond donors (Lipinski definition) is 2. The minimum atomic E-state index is -0.294.